The van der Waals surface area contributed by atoms with Gasteiger partial charge in [-0.05, 0) is 24.3 Å². The maximum Gasteiger partial charge on any atom is 0.276 e. The predicted octanol–water partition coefficient (Wildman–Crippen LogP) is 4.00. The van der Waals surface area contributed by atoms with Crippen molar-refractivity contribution in [3.63, 3.8) is 0 Å². The van der Waals surface area contributed by atoms with Crippen molar-refractivity contribution >= 4 is 17.5 Å². The molecule has 0 atom stereocenters. The molecular formula is C23H20ClN5O3. The highest BCUT2D eigenvalue weighted by Crippen LogP contribution is 2.22. The van der Waals surface area contributed by atoms with E-state index in [1.54, 1.807) is 23.1 Å². The Hall–Kier alpha value is -3.49. The van der Waals surface area contributed by atoms with Crippen LogP contribution in [0.5, 0.6) is 0 Å². The van der Waals surface area contributed by atoms with Crippen LogP contribution in [0.15, 0.2) is 69.7 Å². The number of carbonyl (C=O) groups excluding carboxylic acids is 1. The van der Waals surface area contributed by atoms with E-state index in [1.165, 1.54) is 0 Å². The number of benzene rings is 2. The van der Waals surface area contributed by atoms with Crippen molar-refractivity contribution in [2.45, 2.75) is 6.54 Å². The van der Waals surface area contributed by atoms with Crippen LogP contribution >= 0.6 is 11.6 Å². The molecule has 9 heteroatoms. The number of aromatic nitrogens is 3. The largest absolute Gasteiger partial charge is 0.355 e. The SMILES string of the molecule is O=C(c1cc(-c2ccccc2)on1)N1CCN(Cc2nc(-c3ccc(Cl)cc3)no2)CC1. The van der Waals surface area contributed by atoms with Gasteiger partial charge in [0.1, 0.15) is 0 Å². The van der Waals surface area contributed by atoms with Gasteiger partial charge in [-0.25, -0.2) is 0 Å². The van der Waals surface area contributed by atoms with Gasteiger partial charge in [0.25, 0.3) is 5.91 Å². The molecule has 32 heavy (non-hydrogen) atoms. The summed E-state index contributed by atoms with van der Waals surface area (Å²) >= 11 is 5.93. The fourth-order valence-corrected chi connectivity index (χ4v) is 3.74. The van der Waals surface area contributed by atoms with Crippen LogP contribution in [0.2, 0.25) is 5.02 Å². The molecule has 0 saturated carbocycles. The summed E-state index contributed by atoms with van der Waals surface area (Å²) in [7, 11) is 0. The molecule has 4 aromatic rings. The van der Waals surface area contributed by atoms with Crippen molar-refractivity contribution in [1.29, 1.82) is 0 Å². The average molecular weight is 450 g/mol. The number of hydrogen-bond acceptors (Lipinski definition) is 7. The molecule has 8 nitrogen and oxygen atoms in total. The third kappa shape index (κ3) is 4.42. The van der Waals surface area contributed by atoms with Crippen molar-refractivity contribution < 1.29 is 13.8 Å². The molecule has 3 heterocycles. The predicted molar refractivity (Wildman–Crippen MR) is 118 cm³/mol. The van der Waals surface area contributed by atoms with Crippen LogP contribution in [-0.2, 0) is 6.54 Å². The molecule has 1 fully saturated rings. The highest BCUT2D eigenvalue weighted by molar-refractivity contribution is 6.30. The first kappa shape index (κ1) is 20.4. The highest BCUT2D eigenvalue weighted by atomic mass is 35.5. The van der Waals surface area contributed by atoms with Crippen molar-refractivity contribution in [3.05, 3.63) is 77.3 Å². The van der Waals surface area contributed by atoms with Gasteiger partial charge in [-0.2, -0.15) is 4.98 Å². The number of piperazine rings is 1. The number of amides is 1. The summed E-state index contributed by atoms with van der Waals surface area (Å²) in [6, 6.07) is 18.6. The van der Waals surface area contributed by atoms with E-state index in [-0.39, 0.29) is 5.91 Å². The van der Waals surface area contributed by atoms with Crippen LogP contribution < -0.4 is 0 Å². The van der Waals surface area contributed by atoms with Crippen LogP contribution in [0.3, 0.4) is 0 Å². The molecular weight excluding hydrogens is 430 g/mol. The Morgan fingerprint density at radius 1 is 0.906 bits per heavy atom. The van der Waals surface area contributed by atoms with E-state index in [9.17, 15) is 4.79 Å². The monoisotopic (exact) mass is 449 g/mol. The minimum Gasteiger partial charge on any atom is -0.355 e. The molecule has 2 aromatic heterocycles. The standard InChI is InChI=1S/C23H20ClN5O3/c24-18-8-6-17(7-9-18)22-25-21(32-27-22)15-28-10-12-29(13-11-28)23(30)19-14-20(31-26-19)16-4-2-1-3-5-16/h1-9,14H,10-13,15H2. The number of hydrogen-bond donors (Lipinski definition) is 0. The molecule has 0 N–H and O–H groups in total. The second-order valence-corrected chi connectivity index (χ2v) is 7.97. The van der Waals surface area contributed by atoms with Crippen LogP contribution in [0, 0.1) is 0 Å². The molecule has 1 saturated heterocycles. The first-order valence-electron chi connectivity index (χ1n) is 10.3. The molecule has 1 aliphatic rings. The Bertz CT molecular complexity index is 1200. The van der Waals surface area contributed by atoms with Gasteiger partial charge in [0.15, 0.2) is 11.5 Å². The van der Waals surface area contributed by atoms with Crippen LogP contribution in [0.25, 0.3) is 22.7 Å². The van der Waals surface area contributed by atoms with Gasteiger partial charge in [-0.3, -0.25) is 9.69 Å². The lowest BCUT2D eigenvalue weighted by Gasteiger charge is -2.33. The van der Waals surface area contributed by atoms with E-state index in [0.717, 1.165) is 11.1 Å². The quantitative estimate of drug-likeness (QED) is 0.455. The van der Waals surface area contributed by atoms with Crippen molar-refractivity contribution in [3.8, 4) is 22.7 Å². The van der Waals surface area contributed by atoms with Crippen molar-refractivity contribution in [1.82, 2.24) is 25.1 Å². The zero-order valence-corrected chi connectivity index (χ0v) is 17.9. The molecule has 5 rings (SSSR count). The van der Waals surface area contributed by atoms with Gasteiger partial charge in [0.05, 0.1) is 6.54 Å². The number of rotatable bonds is 5. The van der Waals surface area contributed by atoms with Crippen LogP contribution in [0.4, 0.5) is 0 Å². The van der Waals surface area contributed by atoms with Gasteiger partial charge in [0.2, 0.25) is 11.7 Å². The minimum absolute atomic E-state index is 0.126. The molecule has 0 bridgehead atoms. The fourth-order valence-electron chi connectivity index (χ4n) is 3.61. The summed E-state index contributed by atoms with van der Waals surface area (Å²) in [4.78, 5) is 21.3. The number of nitrogens with zero attached hydrogens (tertiary/aromatic N) is 5. The Kier molecular flexibility index (Phi) is 5.70. The number of halogens is 1. The molecule has 0 spiro atoms. The Morgan fingerprint density at radius 2 is 1.66 bits per heavy atom. The summed E-state index contributed by atoms with van der Waals surface area (Å²) in [5.41, 5.74) is 2.06. The van der Waals surface area contributed by atoms with E-state index in [0.29, 0.717) is 60.9 Å². The Morgan fingerprint density at radius 3 is 2.41 bits per heavy atom. The first-order valence-corrected chi connectivity index (χ1v) is 10.7. The van der Waals surface area contributed by atoms with Crippen molar-refractivity contribution in [2.75, 3.05) is 26.2 Å². The van der Waals surface area contributed by atoms with Gasteiger partial charge >= 0.3 is 0 Å². The molecule has 1 aliphatic heterocycles. The summed E-state index contributed by atoms with van der Waals surface area (Å²) in [5.74, 6) is 1.53. The van der Waals surface area contributed by atoms with Crippen LogP contribution in [-0.4, -0.2) is 57.2 Å². The van der Waals surface area contributed by atoms with Gasteiger partial charge in [-0.1, -0.05) is 52.2 Å². The smallest absolute Gasteiger partial charge is 0.276 e. The van der Waals surface area contributed by atoms with Gasteiger partial charge in [0, 0.05) is 48.4 Å². The number of carbonyl (C=O) groups is 1. The molecule has 2 aromatic carbocycles. The zero-order chi connectivity index (χ0) is 21.9. The Labute approximate surface area is 189 Å². The second kappa shape index (κ2) is 8.94. The zero-order valence-electron chi connectivity index (χ0n) is 17.1. The van der Waals surface area contributed by atoms with E-state index in [2.05, 4.69) is 20.2 Å². The van der Waals surface area contributed by atoms with E-state index in [4.69, 9.17) is 20.6 Å². The molecule has 0 unspecified atom stereocenters. The molecule has 162 valence electrons. The van der Waals surface area contributed by atoms with Crippen molar-refractivity contribution in [2.24, 2.45) is 0 Å². The van der Waals surface area contributed by atoms with E-state index < -0.39 is 0 Å². The maximum atomic E-state index is 12.8. The lowest BCUT2D eigenvalue weighted by atomic mass is 10.1. The highest BCUT2D eigenvalue weighted by Gasteiger charge is 2.25. The van der Waals surface area contributed by atoms with Crippen LogP contribution in [0.1, 0.15) is 16.4 Å². The Balaban J connectivity index is 1.17. The summed E-state index contributed by atoms with van der Waals surface area (Å²) in [6.07, 6.45) is 0. The normalized spacial score (nSPS) is 14.6. The third-order valence-corrected chi connectivity index (χ3v) is 5.63. The fraction of sp³-hybridized carbons (Fsp3) is 0.217. The lowest BCUT2D eigenvalue weighted by molar-refractivity contribution is 0.0605. The maximum absolute atomic E-state index is 12.8. The minimum atomic E-state index is -0.126. The first-order chi connectivity index (χ1) is 15.7. The lowest BCUT2D eigenvalue weighted by Crippen LogP contribution is -2.48. The topological polar surface area (TPSA) is 88.5 Å². The van der Waals surface area contributed by atoms with Gasteiger partial charge in [-0.15, -0.1) is 0 Å². The van der Waals surface area contributed by atoms with E-state index >= 15 is 0 Å². The second-order valence-electron chi connectivity index (χ2n) is 7.53. The van der Waals surface area contributed by atoms with E-state index in [1.807, 2.05) is 42.5 Å². The molecule has 1 amide bonds. The third-order valence-electron chi connectivity index (χ3n) is 5.38. The van der Waals surface area contributed by atoms with Gasteiger partial charge < -0.3 is 13.9 Å². The summed E-state index contributed by atoms with van der Waals surface area (Å²) < 4.78 is 10.8. The molecule has 0 radical (unpaired) electrons. The summed E-state index contributed by atoms with van der Waals surface area (Å²) in [6.45, 7) is 3.11. The average Bonchev–Trinajstić information content (AvgIpc) is 3.51. The molecule has 0 aliphatic carbocycles. The summed E-state index contributed by atoms with van der Waals surface area (Å²) in [5, 5.41) is 8.68.